The van der Waals surface area contributed by atoms with Crippen LogP contribution < -0.4 is 24.4 Å². The van der Waals surface area contributed by atoms with Gasteiger partial charge in [0.1, 0.15) is 0 Å². The number of hydrogen-bond donors (Lipinski definition) is 0. The molecule has 4 rings (SSSR count). The van der Waals surface area contributed by atoms with Crippen molar-refractivity contribution in [1.82, 2.24) is 4.57 Å². The van der Waals surface area contributed by atoms with Crippen LogP contribution in [-0.2, 0) is 9.53 Å². The summed E-state index contributed by atoms with van der Waals surface area (Å²) in [5, 5.41) is 0. The average molecular weight is 479 g/mol. The smallest absolute Gasteiger partial charge is 0.338 e. The highest BCUT2D eigenvalue weighted by Gasteiger charge is 2.33. The van der Waals surface area contributed by atoms with E-state index >= 15 is 0 Å². The molecule has 1 aliphatic rings. The Hall–Kier alpha value is -3.65. The largest absolute Gasteiger partial charge is 0.493 e. The van der Waals surface area contributed by atoms with Crippen LogP contribution in [0.1, 0.15) is 36.6 Å². The molecular weight excluding hydrogens is 452 g/mol. The Morgan fingerprint density at radius 1 is 1.09 bits per heavy atom. The number of aromatic nitrogens is 1. The van der Waals surface area contributed by atoms with Crippen LogP contribution >= 0.6 is 11.3 Å². The van der Waals surface area contributed by atoms with Crippen molar-refractivity contribution in [1.29, 1.82) is 0 Å². The molecule has 0 fully saturated rings. The highest BCUT2D eigenvalue weighted by atomic mass is 32.1. The standard InChI is InChI=1S/C26H26N2O5S/c1-6-33-25(30)22-16(3)27-26-28(23(22)18-11-12-19(31-4)20(14-18)32-5)24(29)21(34-26)13-17-9-7-15(2)8-10-17/h7-14,23H,6H2,1-5H3/b21-13-. The number of nitrogens with zero attached hydrogens (tertiary/aromatic N) is 2. The molecule has 0 saturated heterocycles. The minimum Gasteiger partial charge on any atom is -0.493 e. The molecule has 176 valence electrons. The van der Waals surface area contributed by atoms with E-state index < -0.39 is 12.0 Å². The molecule has 0 aliphatic carbocycles. The number of thiazole rings is 1. The van der Waals surface area contributed by atoms with Crippen molar-refractivity contribution in [2.45, 2.75) is 26.8 Å². The molecule has 3 aromatic rings. The molecule has 0 radical (unpaired) electrons. The third-order valence-electron chi connectivity index (χ3n) is 5.62. The molecule has 1 aliphatic heterocycles. The van der Waals surface area contributed by atoms with Gasteiger partial charge in [-0.3, -0.25) is 9.36 Å². The van der Waals surface area contributed by atoms with E-state index in [1.54, 1.807) is 44.8 Å². The fourth-order valence-electron chi connectivity index (χ4n) is 3.94. The summed E-state index contributed by atoms with van der Waals surface area (Å²) in [6.07, 6.45) is 1.85. The topological polar surface area (TPSA) is 79.1 Å². The Bertz CT molecular complexity index is 1450. The van der Waals surface area contributed by atoms with E-state index in [4.69, 9.17) is 14.2 Å². The second-order valence-corrected chi connectivity index (χ2v) is 8.84. The Morgan fingerprint density at radius 3 is 2.44 bits per heavy atom. The van der Waals surface area contributed by atoms with Crippen molar-refractivity contribution in [2.24, 2.45) is 4.99 Å². The van der Waals surface area contributed by atoms with E-state index in [0.29, 0.717) is 37.7 Å². The quantitative estimate of drug-likeness (QED) is 0.509. The van der Waals surface area contributed by atoms with E-state index in [1.165, 1.54) is 11.3 Å². The number of carbonyl (C=O) groups excluding carboxylic acids is 1. The molecule has 8 heteroatoms. The Morgan fingerprint density at radius 2 is 1.79 bits per heavy atom. The lowest BCUT2D eigenvalue weighted by molar-refractivity contribution is -0.139. The summed E-state index contributed by atoms with van der Waals surface area (Å²) in [5.74, 6) is 0.549. The predicted octanol–water partition coefficient (Wildman–Crippen LogP) is 3.12. The first-order valence-electron chi connectivity index (χ1n) is 10.9. The van der Waals surface area contributed by atoms with E-state index in [-0.39, 0.29) is 12.2 Å². The molecule has 0 saturated carbocycles. The molecule has 1 unspecified atom stereocenters. The van der Waals surface area contributed by atoms with Gasteiger partial charge in [0.15, 0.2) is 16.3 Å². The second-order valence-electron chi connectivity index (χ2n) is 7.83. The van der Waals surface area contributed by atoms with Crippen LogP contribution in [-0.4, -0.2) is 31.4 Å². The highest BCUT2D eigenvalue weighted by molar-refractivity contribution is 7.07. The van der Waals surface area contributed by atoms with Crippen LogP contribution in [0.2, 0.25) is 0 Å². The van der Waals surface area contributed by atoms with Crippen molar-refractivity contribution in [2.75, 3.05) is 20.8 Å². The maximum Gasteiger partial charge on any atom is 0.338 e. The van der Waals surface area contributed by atoms with Gasteiger partial charge in [-0.2, -0.15) is 0 Å². The molecule has 0 N–H and O–H groups in total. The minimum absolute atomic E-state index is 0.214. The van der Waals surface area contributed by atoms with Gasteiger partial charge in [-0.05, 0) is 50.1 Å². The normalized spacial score (nSPS) is 15.6. The summed E-state index contributed by atoms with van der Waals surface area (Å²) < 4.78 is 18.3. The Kier molecular flexibility index (Phi) is 6.70. The second kappa shape index (κ2) is 9.69. The average Bonchev–Trinajstić information content (AvgIpc) is 3.13. The van der Waals surface area contributed by atoms with Gasteiger partial charge in [0, 0.05) is 0 Å². The minimum atomic E-state index is -0.713. The number of hydrogen-bond acceptors (Lipinski definition) is 7. The Balaban J connectivity index is 1.96. The number of ether oxygens (including phenoxy) is 3. The van der Waals surface area contributed by atoms with Crippen molar-refractivity contribution in [3.8, 4) is 11.5 Å². The summed E-state index contributed by atoms with van der Waals surface area (Å²) in [4.78, 5) is 31.8. The van der Waals surface area contributed by atoms with Gasteiger partial charge in [-0.15, -0.1) is 0 Å². The number of rotatable bonds is 6. The lowest BCUT2D eigenvalue weighted by Crippen LogP contribution is -2.39. The molecule has 34 heavy (non-hydrogen) atoms. The summed E-state index contributed by atoms with van der Waals surface area (Å²) >= 11 is 1.29. The van der Waals surface area contributed by atoms with Gasteiger partial charge in [0.05, 0.1) is 42.7 Å². The third kappa shape index (κ3) is 4.28. The number of esters is 1. The summed E-state index contributed by atoms with van der Waals surface area (Å²) in [7, 11) is 3.10. The van der Waals surface area contributed by atoms with Gasteiger partial charge in [-0.1, -0.05) is 47.2 Å². The van der Waals surface area contributed by atoms with Crippen LogP contribution in [0.5, 0.6) is 11.5 Å². The van der Waals surface area contributed by atoms with Crippen LogP contribution in [0, 0.1) is 6.92 Å². The number of benzene rings is 2. The zero-order chi connectivity index (χ0) is 24.4. The first kappa shape index (κ1) is 23.5. The van der Waals surface area contributed by atoms with E-state index in [9.17, 15) is 9.59 Å². The number of aryl methyl sites for hydroxylation is 1. The summed E-state index contributed by atoms with van der Waals surface area (Å²) in [6, 6.07) is 12.6. The highest BCUT2D eigenvalue weighted by Crippen LogP contribution is 2.36. The van der Waals surface area contributed by atoms with E-state index in [0.717, 1.165) is 11.1 Å². The summed E-state index contributed by atoms with van der Waals surface area (Å²) in [6.45, 7) is 5.74. The van der Waals surface area contributed by atoms with Gasteiger partial charge in [-0.25, -0.2) is 9.79 Å². The molecule has 0 amide bonds. The molecule has 0 spiro atoms. The van der Waals surface area contributed by atoms with Gasteiger partial charge >= 0.3 is 5.97 Å². The summed E-state index contributed by atoms with van der Waals surface area (Å²) in [5.41, 5.74) is 3.36. The van der Waals surface area contributed by atoms with Gasteiger partial charge in [0.2, 0.25) is 0 Å². The van der Waals surface area contributed by atoms with E-state index in [2.05, 4.69) is 4.99 Å². The monoisotopic (exact) mass is 478 g/mol. The van der Waals surface area contributed by atoms with Crippen LogP contribution in [0.3, 0.4) is 0 Å². The van der Waals surface area contributed by atoms with E-state index in [1.807, 2.05) is 43.3 Å². The maximum atomic E-state index is 13.6. The molecule has 1 atom stereocenters. The molecule has 0 bridgehead atoms. The SMILES string of the molecule is CCOC(=O)C1=C(C)N=c2s/c(=C\c3ccc(C)cc3)c(=O)n2C1c1ccc(OC)c(OC)c1. The first-order valence-corrected chi connectivity index (χ1v) is 11.7. The fraction of sp³-hybridized carbons (Fsp3) is 0.269. The van der Waals surface area contributed by atoms with Crippen molar-refractivity contribution < 1.29 is 19.0 Å². The molecule has 2 aromatic carbocycles. The molecule has 1 aromatic heterocycles. The molecular formula is C26H26N2O5S. The van der Waals surface area contributed by atoms with Gasteiger partial charge < -0.3 is 14.2 Å². The maximum absolute atomic E-state index is 13.6. The number of fused-ring (bicyclic) bond motifs is 1. The first-order chi connectivity index (χ1) is 16.4. The molecule has 2 heterocycles. The fourth-order valence-corrected chi connectivity index (χ4v) is 4.99. The zero-order valence-corrected chi connectivity index (χ0v) is 20.6. The van der Waals surface area contributed by atoms with Crippen LogP contribution in [0.4, 0.5) is 0 Å². The number of methoxy groups -OCH3 is 2. The lowest BCUT2D eigenvalue weighted by atomic mass is 9.95. The number of allylic oxidation sites excluding steroid dienone is 1. The van der Waals surface area contributed by atoms with Crippen LogP contribution in [0.15, 0.2) is 63.5 Å². The van der Waals surface area contributed by atoms with Crippen molar-refractivity contribution >= 4 is 23.4 Å². The Labute approximate surface area is 201 Å². The number of carbonyl (C=O) groups is 1. The zero-order valence-electron chi connectivity index (χ0n) is 19.7. The molecule has 7 nitrogen and oxygen atoms in total. The third-order valence-corrected chi connectivity index (χ3v) is 6.60. The van der Waals surface area contributed by atoms with Gasteiger partial charge in [0.25, 0.3) is 5.56 Å². The van der Waals surface area contributed by atoms with Crippen molar-refractivity contribution in [3.63, 3.8) is 0 Å². The predicted molar refractivity (Wildman–Crippen MR) is 131 cm³/mol. The lowest BCUT2D eigenvalue weighted by Gasteiger charge is -2.25. The van der Waals surface area contributed by atoms with Crippen molar-refractivity contribution in [3.05, 3.63) is 90.1 Å². The van der Waals surface area contributed by atoms with Crippen LogP contribution in [0.25, 0.3) is 6.08 Å².